The first-order chi connectivity index (χ1) is 26.7. The molecule has 3 fully saturated rings. The largest absolute Gasteiger partial charge is 0.491 e. The van der Waals surface area contributed by atoms with E-state index in [2.05, 4.69) is 10.4 Å². The van der Waals surface area contributed by atoms with Gasteiger partial charge in [-0.25, -0.2) is 4.98 Å². The van der Waals surface area contributed by atoms with Crippen molar-refractivity contribution in [2.75, 3.05) is 23.5 Å². The normalized spacial score (nSPS) is 25.8. The van der Waals surface area contributed by atoms with Crippen LogP contribution >= 0.6 is 34.8 Å². The lowest BCUT2D eigenvalue weighted by molar-refractivity contribution is -0.139. The standard InChI is InChI=1S/C40H30Cl3F3N4O6/c41-23-5-3-21(4-6-23)39-30(36(53)50(38(39)55)48-34-31(43)17-22(19-47-34)40(44,45)46)18-29-27(33(39)20-1-11-26(12-2-20)56-16-15-51)13-14-28-32(29)37(54)49(35(28)52)25-9-7-24(42)8-10-25/h1-13,17,19,28-30,32-33,51H,14-16,18H2,(H,47,48)/t28-,29+,30-,32-,33-,39+/m0/s1. The van der Waals surface area contributed by atoms with Gasteiger partial charge in [0.1, 0.15) is 12.4 Å². The summed E-state index contributed by atoms with van der Waals surface area (Å²) in [4.78, 5) is 63.6. The number of hydrogen-bond acceptors (Lipinski definition) is 8. The first-order valence-corrected chi connectivity index (χ1v) is 18.7. The molecule has 2 N–H and O–H groups in total. The number of hydrazine groups is 1. The molecule has 288 valence electrons. The van der Waals surface area contributed by atoms with Crippen molar-refractivity contribution >= 4 is 69.9 Å². The molecule has 0 bridgehead atoms. The van der Waals surface area contributed by atoms with Gasteiger partial charge in [0.2, 0.25) is 11.8 Å². The number of aromatic nitrogens is 1. The number of halogens is 6. The Hall–Kier alpha value is -4.95. The molecule has 0 spiro atoms. The van der Waals surface area contributed by atoms with E-state index in [9.17, 15) is 32.7 Å². The maximum Gasteiger partial charge on any atom is 0.417 e. The van der Waals surface area contributed by atoms with Crippen LogP contribution in [0, 0.1) is 23.7 Å². The number of nitrogens with one attached hydrogen (secondary N) is 1. The number of amides is 4. The van der Waals surface area contributed by atoms with Crippen LogP contribution in [-0.2, 0) is 30.8 Å². The summed E-state index contributed by atoms with van der Waals surface area (Å²) in [6, 6.07) is 20.3. The van der Waals surface area contributed by atoms with Gasteiger partial charge in [0.15, 0.2) is 5.82 Å². The molecule has 3 aromatic carbocycles. The molecule has 0 unspecified atom stereocenters. The van der Waals surface area contributed by atoms with E-state index < -0.39 is 75.4 Å². The van der Waals surface area contributed by atoms with Crippen LogP contribution in [0.5, 0.6) is 5.75 Å². The predicted molar refractivity (Wildman–Crippen MR) is 200 cm³/mol. The summed E-state index contributed by atoms with van der Waals surface area (Å²) in [5.41, 5.74) is 1.83. The molecule has 2 saturated heterocycles. The van der Waals surface area contributed by atoms with Crippen LogP contribution in [0.4, 0.5) is 24.7 Å². The number of alkyl halides is 3. The molecule has 0 radical (unpaired) electrons. The van der Waals surface area contributed by atoms with Crippen LogP contribution in [0.2, 0.25) is 15.1 Å². The molecule has 4 amide bonds. The summed E-state index contributed by atoms with van der Waals surface area (Å²) in [6.45, 7) is -0.190. The van der Waals surface area contributed by atoms with Gasteiger partial charge in [-0.05, 0) is 84.5 Å². The average molecular weight is 826 g/mol. The fourth-order valence-electron chi connectivity index (χ4n) is 8.92. The highest BCUT2D eigenvalue weighted by Crippen LogP contribution is 2.64. The van der Waals surface area contributed by atoms with Crippen LogP contribution in [0.15, 0.2) is 96.7 Å². The summed E-state index contributed by atoms with van der Waals surface area (Å²) in [5.74, 6) is -6.64. The lowest BCUT2D eigenvalue weighted by Gasteiger charge is -2.50. The molecule has 1 saturated carbocycles. The van der Waals surface area contributed by atoms with Crippen molar-refractivity contribution in [3.63, 3.8) is 0 Å². The van der Waals surface area contributed by atoms with Crippen LogP contribution < -0.4 is 15.1 Å². The molecule has 2 aliphatic heterocycles. The Labute approximate surface area is 332 Å². The molecule has 2 aliphatic carbocycles. The van der Waals surface area contributed by atoms with Gasteiger partial charge in [-0.3, -0.25) is 29.5 Å². The van der Waals surface area contributed by atoms with Crippen molar-refractivity contribution in [2.45, 2.75) is 30.4 Å². The number of hydrogen-bond donors (Lipinski definition) is 2. The minimum atomic E-state index is -4.75. The SMILES string of the molecule is O=C1[C@@H]2C[C@@H]3C(=CC[C@@H]4C(=O)N(c5ccc(Cl)cc5)C(=O)[C@@H]43)[C@H](c3ccc(OCCO)cc3)[C@]2(c2ccc(Cl)cc2)C(=O)N1Nc1ncc(C(F)(F)F)cc1Cl. The maximum absolute atomic E-state index is 15.3. The first-order valence-electron chi connectivity index (χ1n) is 17.6. The van der Waals surface area contributed by atoms with Gasteiger partial charge in [0.25, 0.3) is 11.8 Å². The third-order valence-corrected chi connectivity index (χ3v) is 12.0. The summed E-state index contributed by atoms with van der Waals surface area (Å²) in [6.07, 6.45) is -2.18. The summed E-state index contributed by atoms with van der Waals surface area (Å²) < 4.78 is 46.1. The van der Waals surface area contributed by atoms with E-state index in [0.29, 0.717) is 50.4 Å². The fraction of sp³-hybridized carbons (Fsp3) is 0.275. The van der Waals surface area contributed by atoms with Gasteiger partial charge in [-0.1, -0.05) is 70.7 Å². The number of ether oxygens (including phenoxy) is 1. The van der Waals surface area contributed by atoms with E-state index in [0.717, 1.165) is 9.91 Å². The number of carbonyl (C=O) groups is 4. The number of anilines is 2. The van der Waals surface area contributed by atoms with Gasteiger partial charge >= 0.3 is 6.18 Å². The molecule has 8 rings (SSSR count). The number of benzene rings is 3. The van der Waals surface area contributed by atoms with E-state index in [1.165, 1.54) is 0 Å². The monoisotopic (exact) mass is 824 g/mol. The van der Waals surface area contributed by atoms with Gasteiger partial charge in [-0.15, -0.1) is 0 Å². The average Bonchev–Trinajstić information content (AvgIpc) is 3.55. The number of carbonyl (C=O) groups excluding carboxylic acids is 4. The van der Waals surface area contributed by atoms with Gasteiger partial charge < -0.3 is 9.84 Å². The summed E-state index contributed by atoms with van der Waals surface area (Å²) >= 11 is 18.7. The number of aliphatic hydroxyl groups excluding tert-OH is 1. The number of pyridine rings is 1. The molecule has 3 heterocycles. The molecule has 6 atom stereocenters. The van der Waals surface area contributed by atoms with E-state index in [-0.39, 0.29) is 31.9 Å². The number of rotatable bonds is 8. The zero-order valence-electron chi connectivity index (χ0n) is 29.0. The second-order valence-corrected chi connectivity index (χ2v) is 15.3. The third-order valence-electron chi connectivity index (χ3n) is 11.2. The molecule has 4 aromatic rings. The van der Waals surface area contributed by atoms with E-state index in [1.807, 2.05) is 6.08 Å². The van der Waals surface area contributed by atoms with Crippen LogP contribution in [-0.4, -0.2) is 51.9 Å². The molecule has 10 nitrogen and oxygen atoms in total. The number of fused-ring (bicyclic) bond motifs is 4. The zero-order chi connectivity index (χ0) is 39.7. The number of nitrogens with zero attached hydrogens (tertiary/aromatic N) is 3. The Morgan fingerprint density at radius 1 is 0.875 bits per heavy atom. The van der Waals surface area contributed by atoms with E-state index in [4.69, 9.17) is 39.5 Å². The van der Waals surface area contributed by atoms with Gasteiger partial charge in [0, 0.05) is 22.2 Å². The summed E-state index contributed by atoms with van der Waals surface area (Å²) in [5, 5.41) is 10.4. The lowest BCUT2D eigenvalue weighted by atomic mass is 9.49. The second kappa shape index (κ2) is 14.2. The third kappa shape index (κ3) is 6.03. The molecular weight excluding hydrogens is 796 g/mol. The minimum Gasteiger partial charge on any atom is -0.491 e. The summed E-state index contributed by atoms with van der Waals surface area (Å²) in [7, 11) is 0. The number of imide groups is 2. The van der Waals surface area contributed by atoms with Crippen molar-refractivity contribution in [3.8, 4) is 5.75 Å². The Kier molecular flexibility index (Phi) is 9.63. The van der Waals surface area contributed by atoms with Crippen molar-refractivity contribution in [3.05, 3.63) is 128 Å². The smallest absolute Gasteiger partial charge is 0.417 e. The fourth-order valence-corrected chi connectivity index (χ4v) is 9.38. The van der Waals surface area contributed by atoms with Crippen molar-refractivity contribution in [1.82, 2.24) is 9.99 Å². The van der Waals surface area contributed by atoms with Crippen LogP contribution in [0.1, 0.15) is 35.4 Å². The zero-order valence-corrected chi connectivity index (χ0v) is 31.2. The van der Waals surface area contributed by atoms with Crippen molar-refractivity contribution in [2.24, 2.45) is 23.7 Å². The van der Waals surface area contributed by atoms with Crippen molar-refractivity contribution in [1.29, 1.82) is 0 Å². The predicted octanol–water partition coefficient (Wildman–Crippen LogP) is 7.62. The van der Waals surface area contributed by atoms with E-state index >= 15 is 4.79 Å². The highest BCUT2D eigenvalue weighted by molar-refractivity contribution is 6.33. The van der Waals surface area contributed by atoms with Crippen molar-refractivity contribution < 1.29 is 42.2 Å². The van der Waals surface area contributed by atoms with Gasteiger partial charge in [0.05, 0.1) is 46.0 Å². The first kappa shape index (κ1) is 37.9. The van der Waals surface area contributed by atoms with Crippen LogP contribution in [0.25, 0.3) is 0 Å². The highest BCUT2D eigenvalue weighted by Gasteiger charge is 2.70. The van der Waals surface area contributed by atoms with Gasteiger partial charge in [-0.2, -0.15) is 18.2 Å². The molecule has 4 aliphatic rings. The Balaban J connectivity index is 1.29. The quantitative estimate of drug-likeness (QED) is 0.137. The highest BCUT2D eigenvalue weighted by atomic mass is 35.5. The van der Waals surface area contributed by atoms with E-state index in [1.54, 1.807) is 72.8 Å². The number of allylic oxidation sites excluding steroid dienone is 2. The second-order valence-electron chi connectivity index (χ2n) is 14.0. The minimum absolute atomic E-state index is 0.0320. The molecular formula is C40H30Cl3F3N4O6. The Morgan fingerprint density at radius 3 is 2.16 bits per heavy atom. The molecule has 56 heavy (non-hydrogen) atoms. The lowest BCUT2D eigenvalue weighted by Crippen LogP contribution is -2.53. The molecule has 16 heteroatoms. The Morgan fingerprint density at radius 2 is 1.54 bits per heavy atom. The topological polar surface area (TPSA) is 129 Å². The number of aliphatic hydroxyl groups is 1. The Bertz CT molecular complexity index is 2290. The molecule has 1 aromatic heterocycles. The van der Waals surface area contributed by atoms with Crippen LogP contribution in [0.3, 0.4) is 0 Å². The maximum atomic E-state index is 15.3.